The predicted octanol–water partition coefficient (Wildman–Crippen LogP) is 3.76. The van der Waals surface area contributed by atoms with E-state index in [2.05, 4.69) is 20.9 Å². The van der Waals surface area contributed by atoms with Gasteiger partial charge < -0.3 is 4.57 Å². The molecule has 0 N–H and O–H groups in total. The number of ketones is 1. The minimum absolute atomic E-state index is 0.0523. The first kappa shape index (κ1) is 14.8. The molecular weight excluding hydrogens is 330 g/mol. The standard InChI is InChI=1S/C14H13BrF2N2O/c1-2-6-19-7-5-18-12(19)8-11(20)9-3-4-10(16)14(17)13(9)15/h3-5,7H,2,6,8H2,1H3. The predicted molar refractivity (Wildman–Crippen MR) is 74.6 cm³/mol. The van der Waals surface area contributed by atoms with Gasteiger partial charge in [-0.25, -0.2) is 13.8 Å². The first-order chi connectivity index (χ1) is 9.54. The van der Waals surface area contributed by atoms with Crippen molar-refractivity contribution in [3.63, 3.8) is 0 Å². The van der Waals surface area contributed by atoms with Crippen LogP contribution < -0.4 is 0 Å². The Morgan fingerprint density at radius 1 is 1.40 bits per heavy atom. The molecule has 0 unspecified atom stereocenters. The molecule has 106 valence electrons. The average molecular weight is 343 g/mol. The second-order valence-electron chi connectivity index (χ2n) is 4.36. The quantitative estimate of drug-likeness (QED) is 0.612. The fourth-order valence-corrected chi connectivity index (χ4v) is 2.47. The SMILES string of the molecule is CCCn1ccnc1CC(=O)c1ccc(F)c(F)c1Br. The third-order valence-electron chi connectivity index (χ3n) is 2.92. The number of hydrogen-bond acceptors (Lipinski definition) is 2. The van der Waals surface area contributed by atoms with Gasteiger partial charge in [-0.3, -0.25) is 4.79 Å². The molecule has 3 nitrogen and oxygen atoms in total. The summed E-state index contributed by atoms with van der Waals surface area (Å²) < 4.78 is 28.2. The Labute approximate surface area is 123 Å². The van der Waals surface area contributed by atoms with Crippen molar-refractivity contribution in [2.24, 2.45) is 0 Å². The Bertz CT molecular complexity index is 640. The molecule has 0 aliphatic heterocycles. The molecule has 0 saturated carbocycles. The number of rotatable bonds is 5. The lowest BCUT2D eigenvalue weighted by atomic mass is 10.1. The second-order valence-corrected chi connectivity index (χ2v) is 5.15. The Morgan fingerprint density at radius 2 is 2.15 bits per heavy atom. The van der Waals surface area contributed by atoms with Gasteiger partial charge in [0.2, 0.25) is 0 Å². The highest BCUT2D eigenvalue weighted by atomic mass is 79.9. The van der Waals surface area contributed by atoms with E-state index in [1.54, 1.807) is 12.4 Å². The van der Waals surface area contributed by atoms with Gasteiger partial charge in [0, 0.05) is 24.5 Å². The number of hydrogen-bond donors (Lipinski definition) is 0. The van der Waals surface area contributed by atoms with Crippen molar-refractivity contribution >= 4 is 21.7 Å². The van der Waals surface area contributed by atoms with Gasteiger partial charge in [0.15, 0.2) is 17.4 Å². The number of carbonyl (C=O) groups excluding carboxylic acids is 1. The van der Waals surface area contributed by atoms with Crippen molar-refractivity contribution in [1.82, 2.24) is 9.55 Å². The molecule has 1 aromatic carbocycles. The Hall–Kier alpha value is -1.56. The smallest absolute Gasteiger partial charge is 0.173 e. The van der Waals surface area contributed by atoms with Crippen molar-refractivity contribution in [3.05, 3.63) is 52.0 Å². The van der Waals surface area contributed by atoms with Crippen LogP contribution in [-0.4, -0.2) is 15.3 Å². The zero-order valence-electron chi connectivity index (χ0n) is 10.9. The highest BCUT2D eigenvalue weighted by molar-refractivity contribution is 9.10. The van der Waals surface area contributed by atoms with Crippen LogP contribution in [0.15, 0.2) is 29.0 Å². The molecule has 0 bridgehead atoms. The van der Waals surface area contributed by atoms with E-state index in [0.717, 1.165) is 19.0 Å². The molecule has 0 fully saturated rings. The maximum atomic E-state index is 13.4. The van der Waals surface area contributed by atoms with Crippen molar-refractivity contribution in [2.45, 2.75) is 26.3 Å². The summed E-state index contributed by atoms with van der Waals surface area (Å²) in [6.07, 6.45) is 4.40. The zero-order valence-corrected chi connectivity index (χ0v) is 12.5. The second kappa shape index (κ2) is 6.26. The zero-order chi connectivity index (χ0) is 14.7. The van der Waals surface area contributed by atoms with E-state index >= 15 is 0 Å². The van der Waals surface area contributed by atoms with Gasteiger partial charge in [-0.05, 0) is 34.5 Å². The maximum Gasteiger partial charge on any atom is 0.173 e. The van der Waals surface area contributed by atoms with Crippen molar-refractivity contribution in [1.29, 1.82) is 0 Å². The average Bonchev–Trinajstić information content (AvgIpc) is 2.84. The number of nitrogens with zero attached hydrogens (tertiary/aromatic N) is 2. The number of aryl methyl sites for hydroxylation is 1. The van der Waals surface area contributed by atoms with E-state index in [1.165, 1.54) is 6.07 Å². The van der Waals surface area contributed by atoms with Crippen LogP contribution in [0.2, 0.25) is 0 Å². The van der Waals surface area contributed by atoms with Crippen LogP contribution in [0, 0.1) is 11.6 Å². The molecule has 2 rings (SSSR count). The number of imidazole rings is 1. The van der Waals surface area contributed by atoms with Gasteiger partial charge in [-0.1, -0.05) is 6.92 Å². The van der Waals surface area contributed by atoms with Crippen molar-refractivity contribution < 1.29 is 13.6 Å². The molecule has 2 aromatic rings. The highest BCUT2D eigenvalue weighted by Crippen LogP contribution is 2.24. The number of carbonyl (C=O) groups is 1. The molecule has 20 heavy (non-hydrogen) atoms. The summed E-state index contributed by atoms with van der Waals surface area (Å²) in [5, 5.41) is 0. The first-order valence-electron chi connectivity index (χ1n) is 6.21. The van der Waals surface area contributed by atoms with Crippen molar-refractivity contribution in [3.8, 4) is 0 Å². The molecule has 1 aromatic heterocycles. The van der Waals surface area contributed by atoms with Crippen LogP contribution >= 0.6 is 15.9 Å². The molecule has 0 spiro atoms. The molecule has 0 atom stereocenters. The lowest BCUT2D eigenvalue weighted by Gasteiger charge is -2.07. The van der Waals surface area contributed by atoms with Crippen LogP contribution in [0.4, 0.5) is 8.78 Å². The Kier molecular flexibility index (Phi) is 4.65. The summed E-state index contributed by atoms with van der Waals surface area (Å²) in [6.45, 7) is 2.79. The number of halogens is 3. The van der Waals surface area contributed by atoms with E-state index in [1.807, 2.05) is 11.5 Å². The van der Waals surface area contributed by atoms with Crippen LogP contribution in [-0.2, 0) is 13.0 Å². The number of aromatic nitrogens is 2. The van der Waals surface area contributed by atoms with E-state index in [9.17, 15) is 13.6 Å². The summed E-state index contributed by atoms with van der Waals surface area (Å²) in [5.41, 5.74) is 0.120. The Morgan fingerprint density at radius 3 is 2.85 bits per heavy atom. The van der Waals surface area contributed by atoms with Crippen LogP contribution in [0.1, 0.15) is 29.5 Å². The largest absolute Gasteiger partial charge is 0.335 e. The molecular formula is C14H13BrF2N2O. The van der Waals surface area contributed by atoms with Gasteiger partial charge in [0.25, 0.3) is 0 Å². The first-order valence-corrected chi connectivity index (χ1v) is 7.00. The molecule has 0 amide bonds. The third-order valence-corrected chi connectivity index (χ3v) is 3.70. The van der Waals surface area contributed by atoms with E-state index in [-0.39, 0.29) is 22.2 Å². The van der Waals surface area contributed by atoms with E-state index in [0.29, 0.717) is 5.82 Å². The maximum absolute atomic E-state index is 13.4. The number of benzene rings is 1. The van der Waals surface area contributed by atoms with Gasteiger partial charge in [0.05, 0.1) is 10.9 Å². The third kappa shape index (κ3) is 2.95. The lowest BCUT2D eigenvalue weighted by molar-refractivity contribution is 0.0988. The molecule has 0 aliphatic carbocycles. The van der Waals surface area contributed by atoms with Gasteiger partial charge in [-0.2, -0.15) is 0 Å². The minimum Gasteiger partial charge on any atom is -0.335 e. The van der Waals surface area contributed by atoms with Crippen molar-refractivity contribution in [2.75, 3.05) is 0 Å². The molecule has 0 radical (unpaired) electrons. The van der Waals surface area contributed by atoms with Crippen LogP contribution in [0.25, 0.3) is 0 Å². The highest BCUT2D eigenvalue weighted by Gasteiger charge is 2.18. The fraction of sp³-hybridized carbons (Fsp3) is 0.286. The minimum atomic E-state index is -1.05. The molecule has 0 aliphatic rings. The fourth-order valence-electron chi connectivity index (χ4n) is 1.93. The van der Waals surface area contributed by atoms with Crippen LogP contribution in [0.5, 0.6) is 0 Å². The Balaban J connectivity index is 2.24. The van der Waals surface area contributed by atoms with Crippen LogP contribution in [0.3, 0.4) is 0 Å². The monoisotopic (exact) mass is 342 g/mol. The normalized spacial score (nSPS) is 10.8. The number of Topliss-reactive ketones (excluding diaryl/α,β-unsaturated/α-hetero) is 1. The van der Waals surface area contributed by atoms with Gasteiger partial charge in [-0.15, -0.1) is 0 Å². The van der Waals surface area contributed by atoms with E-state index < -0.39 is 11.6 Å². The summed E-state index contributed by atoms with van der Waals surface area (Å²) in [7, 11) is 0. The summed E-state index contributed by atoms with van der Waals surface area (Å²) in [4.78, 5) is 16.3. The van der Waals surface area contributed by atoms with Gasteiger partial charge >= 0.3 is 0 Å². The van der Waals surface area contributed by atoms with E-state index in [4.69, 9.17) is 0 Å². The lowest BCUT2D eigenvalue weighted by Crippen LogP contribution is -2.11. The molecule has 0 saturated heterocycles. The topological polar surface area (TPSA) is 34.9 Å². The van der Waals surface area contributed by atoms with Gasteiger partial charge in [0.1, 0.15) is 5.82 Å². The summed E-state index contributed by atoms with van der Waals surface area (Å²) in [6, 6.07) is 2.23. The summed E-state index contributed by atoms with van der Waals surface area (Å²) in [5.74, 6) is -1.72. The summed E-state index contributed by atoms with van der Waals surface area (Å²) >= 11 is 2.92. The molecule has 6 heteroatoms. The molecule has 1 heterocycles.